The minimum absolute atomic E-state index is 0.101. The van der Waals surface area contributed by atoms with Crippen molar-refractivity contribution in [3.63, 3.8) is 0 Å². The zero-order valence-corrected chi connectivity index (χ0v) is 37.0. The number of aliphatic hydroxyl groups excluding tert-OH is 5. The van der Waals surface area contributed by atoms with Gasteiger partial charge in [-0.3, -0.25) is 18.6 Å². The number of phosphoric ester groups is 1. The second kappa shape index (κ2) is 35.2. The van der Waals surface area contributed by atoms with Gasteiger partial charge in [-0.2, -0.15) is 0 Å². The highest BCUT2D eigenvalue weighted by Crippen LogP contribution is 2.47. The van der Waals surface area contributed by atoms with E-state index in [-0.39, 0.29) is 12.8 Å². The highest BCUT2D eigenvalue weighted by atomic mass is 31.2. The van der Waals surface area contributed by atoms with E-state index < -0.39 is 75.7 Å². The standard InChI is InChI=1S/C44H83O13P/c1-3-5-7-9-11-13-15-16-17-18-19-20-21-23-25-27-29-31-33-38(46)56-36(34-54-37(45)32-30-28-26-24-22-14-12-10-8-6-4-2)35-55-58(52,53)57-44-42(50)40(48)39(47)41(49)43(44)51/h10,12,36,39-44,47-51H,3-9,11,13-35H2,1-2H3,(H,52,53)/b12-10-/t36-,39?,40-,41?,42?,43?,44?/m1/s1. The fraction of sp³-hybridized carbons (Fsp3) is 0.909. The molecule has 0 amide bonds. The van der Waals surface area contributed by atoms with Crippen molar-refractivity contribution in [3.8, 4) is 0 Å². The summed E-state index contributed by atoms with van der Waals surface area (Å²) in [6.45, 7) is 3.26. The minimum atomic E-state index is -5.11. The highest BCUT2D eigenvalue weighted by molar-refractivity contribution is 7.47. The molecule has 1 rings (SSSR count). The quantitative estimate of drug-likeness (QED) is 0.0149. The van der Waals surface area contributed by atoms with E-state index in [4.69, 9.17) is 18.5 Å². The zero-order chi connectivity index (χ0) is 42.9. The van der Waals surface area contributed by atoms with Gasteiger partial charge >= 0.3 is 19.8 Å². The molecule has 1 aliphatic rings. The predicted octanol–water partition coefficient (Wildman–Crippen LogP) is 8.67. The Bertz CT molecular complexity index is 1080. The van der Waals surface area contributed by atoms with Crippen LogP contribution in [0.3, 0.4) is 0 Å². The lowest BCUT2D eigenvalue weighted by Crippen LogP contribution is -2.64. The van der Waals surface area contributed by atoms with Gasteiger partial charge in [0.25, 0.3) is 0 Å². The molecule has 1 aliphatic carbocycles. The van der Waals surface area contributed by atoms with Gasteiger partial charge in [0.1, 0.15) is 43.2 Å². The number of ether oxygens (including phenoxy) is 2. The number of hydrogen-bond donors (Lipinski definition) is 6. The lowest BCUT2D eigenvalue weighted by Gasteiger charge is -2.41. The van der Waals surface area contributed by atoms with Crippen LogP contribution in [0.4, 0.5) is 0 Å². The van der Waals surface area contributed by atoms with E-state index in [1.54, 1.807) is 0 Å². The largest absolute Gasteiger partial charge is 0.472 e. The number of aliphatic hydroxyl groups is 5. The molecule has 8 atom stereocenters. The number of hydrogen-bond acceptors (Lipinski definition) is 12. The first-order chi connectivity index (χ1) is 27.9. The molecular formula is C44H83O13P. The average molecular weight is 851 g/mol. The van der Waals surface area contributed by atoms with Gasteiger partial charge in [0.15, 0.2) is 6.10 Å². The van der Waals surface area contributed by atoms with Gasteiger partial charge < -0.3 is 39.9 Å². The van der Waals surface area contributed by atoms with Gasteiger partial charge in [0, 0.05) is 12.8 Å². The summed E-state index contributed by atoms with van der Waals surface area (Å²) in [5, 5.41) is 50.1. The van der Waals surface area contributed by atoms with E-state index in [2.05, 4.69) is 26.0 Å². The number of esters is 2. The lowest BCUT2D eigenvalue weighted by atomic mass is 9.85. The Morgan fingerprint density at radius 2 is 0.897 bits per heavy atom. The summed E-state index contributed by atoms with van der Waals surface area (Å²) in [5.74, 6) is -1.10. The molecule has 0 aliphatic heterocycles. The zero-order valence-electron chi connectivity index (χ0n) is 36.1. The van der Waals surface area contributed by atoms with Crippen LogP contribution < -0.4 is 0 Å². The fourth-order valence-corrected chi connectivity index (χ4v) is 8.07. The van der Waals surface area contributed by atoms with Crippen LogP contribution in [-0.4, -0.2) is 98.3 Å². The average Bonchev–Trinajstić information content (AvgIpc) is 3.20. The van der Waals surface area contributed by atoms with Crippen LogP contribution in [0.1, 0.15) is 200 Å². The van der Waals surface area contributed by atoms with Crippen LogP contribution in [0.2, 0.25) is 0 Å². The van der Waals surface area contributed by atoms with E-state index in [9.17, 15) is 44.6 Å². The molecule has 342 valence electrons. The van der Waals surface area contributed by atoms with E-state index in [0.717, 1.165) is 57.8 Å². The summed E-state index contributed by atoms with van der Waals surface area (Å²) in [6.07, 6.45) is 22.8. The van der Waals surface area contributed by atoms with Crippen LogP contribution in [0.5, 0.6) is 0 Å². The molecule has 14 heteroatoms. The maximum atomic E-state index is 12.8. The van der Waals surface area contributed by atoms with Crippen molar-refractivity contribution in [2.24, 2.45) is 0 Å². The maximum Gasteiger partial charge on any atom is 0.472 e. The van der Waals surface area contributed by atoms with E-state index in [0.29, 0.717) is 12.8 Å². The number of carbonyl (C=O) groups excluding carboxylic acids is 2. The first-order valence-electron chi connectivity index (χ1n) is 23.0. The molecule has 0 bridgehead atoms. The summed E-state index contributed by atoms with van der Waals surface area (Å²) in [7, 11) is -5.11. The van der Waals surface area contributed by atoms with Gasteiger partial charge in [-0.15, -0.1) is 0 Å². The Morgan fingerprint density at radius 3 is 1.36 bits per heavy atom. The van der Waals surface area contributed by atoms with Crippen molar-refractivity contribution in [1.82, 2.24) is 0 Å². The van der Waals surface area contributed by atoms with Gasteiger partial charge in [-0.05, 0) is 32.1 Å². The Morgan fingerprint density at radius 1 is 0.517 bits per heavy atom. The highest BCUT2D eigenvalue weighted by Gasteiger charge is 2.51. The molecule has 0 aromatic heterocycles. The Labute approximate surface area is 350 Å². The second-order valence-electron chi connectivity index (χ2n) is 16.3. The van der Waals surface area contributed by atoms with Crippen molar-refractivity contribution in [1.29, 1.82) is 0 Å². The van der Waals surface area contributed by atoms with Crippen LogP contribution in [-0.2, 0) is 32.7 Å². The molecule has 0 aromatic rings. The molecule has 1 fully saturated rings. The van der Waals surface area contributed by atoms with Crippen molar-refractivity contribution < 1.29 is 63.1 Å². The Kier molecular flexibility index (Phi) is 33.2. The van der Waals surface area contributed by atoms with Gasteiger partial charge in [0.2, 0.25) is 0 Å². The van der Waals surface area contributed by atoms with E-state index in [1.165, 1.54) is 103 Å². The minimum Gasteiger partial charge on any atom is -0.462 e. The lowest BCUT2D eigenvalue weighted by molar-refractivity contribution is -0.220. The molecule has 0 saturated heterocycles. The second-order valence-corrected chi connectivity index (χ2v) is 17.7. The molecule has 0 spiro atoms. The molecular weight excluding hydrogens is 767 g/mol. The fourth-order valence-electron chi connectivity index (χ4n) is 7.09. The molecule has 13 nitrogen and oxygen atoms in total. The van der Waals surface area contributed by atoms with Gasteiger partial charge in [-0.1, -0.05) is 167 Å². The summed E-state index contributed by atoms with van der Waals surface area (Å²) in [4.78, 5) is 35.6. The summed E-state index contributed by atoms with van der Waals surface area (Å²) in [6, 6.07) is 0. The van der Waals surface area contributed by atoms with Crippen molar-refractivity contribution in [2.75, 3.05) is 13.2 Å². The van der Waals surface area contributed by atoms with Crippen LogP contribution in [0.15, 0.2) is 12.2 Å². The van der Waals surface area contributed by atoms with E-state index >= 15 is 0 Å². The topological polar surface area (TPSA) is 210 Å². The van der Waals surface area contributed by atoms with Crippen LogP contribution in [0.25, 0.3) is 0 Å². The molecule has 0 heterocycles. The molecule has 0 radical (unpaired) electrons. The van der Waals surface area contributed by atoms with Crippen LogP contribution in [0, 0.1) is 0 Å². The van der Waals surface area contributed by atoms with Crippen molar-refractivity contribution >= 4 is 19.8 Å². The third-order valence-corrected chi connectivity index (χ3v) is 11.8. The Hall–Kier alpha value is -1.41. The van der Waals surface area contributed by atoms with Gasteiger partial charge in [0.05, 0.1) is 6.61 Å². The number of allylic oxidation sites excluding steroid dienone is 2. The molecule has 6 N–H and O–H groups in total. The predicted molar refractivity (Wildman–Crippen MR) is 226 cm³/mol. The van der Waals surface area contributed by atoms with Crippen molar-refractivity contribution in [3.05, 3.63) is 12.2 Å². The molecule has 58 heavy (non-hydrogen) atoms. The molecule has 0 aromatic carbocycles. The summed E-state index contributed by atoms with van der Waals surface area (Å²) < 4.78 is 33.5. The van der Waals surface area contributed by atoms with Crippen LogP contribution >= 0.6 is 7.82 Å². The first-order valence-corrected chi connectivity index (χ1v) is 24.5. The summed E-state index contributed by atoms with van der Waals surface area (Å²) >= 11 is 0. The summed E-state index contributed by atoms with van der Waals surface area (Å²) in [5.41, 5.74) is 0. The monoisotopic (exact) mass is 851 g/mol. The number of rotatable bonds is 38. The van der Waals surface area contributed by atoms with Crippen molar-refractivity contribution in [2.45, 2.75) is 243 Å². The number of unbranched alkanes of at least 4 members (excludes halogenated alkanes) is 24. The maximum absolute atomic E-state index is 12.8. The number of phosphoric acid groups is 1. The van der Waals surface area contributed by atoms with E-state index in [1.807, 2.05) is 0 Å². The molecule has 6 unspecified atom stereocenters. The normalized spacial score (nSPS) is 22.6. The molecule has 1 saturated carbocycles. The Balaban J connectivity index is 2.43. The third kappa shape index (κ3) is 27.4. The SMILES string of the molecule is CCCC/C=C\CCCCCCCC(=O)OC[C@H](COP(=O)(O)OC1C(O)C(O)C(O)[C@@H](O)C1O)OC(=O)CCCCCCCCCCCCCCCCCCCC. The van der Waals surface area contributed by atoms with Gasteiger partial charge in [-0.25, -0.2) is 4.57 Å². The first kappa shape index (κ1) is 54.6. The third-order valence-electron chi connectivity index (χ3n) is 10.9. The number of carbonyl (C=O) groups is 2. The smallest absolute Gasteiger partial charge is 0.462 e.